The lowest BCUT2D eigenvalue weighted by Crippen LogP contribution is -2.43. The largest absolute Gasteiger partial charge is 0.481 e. The first-order valence-electron chi connectivity index (χ1n) is 5.85. The molecule has 0 aliphatic heterocycles. The number of carbonyl (C=O) groups excluding carboxylic acids is 1. The Morgan fingerprint density at radius 1 is 1.53 bits per heavy atom. The van der Waals surface area contributed by atoms with Crippen LogP contribution >= 0.6 is 11.3 Å². The van der Waals surface area contributed by atoms with Crippen molar-refractivity contribution in [2.45, 2.75) is 27.3 Å². The molecule has 1 heterocycles. The maximum absolute atomic E-state index is 11.9. The maximum Gasteiger partial charge on any atom is 0.317 e. The molecule has 2 amide bonds. The lowest BCUT2D eigenvalue weighted by Gasteiger charge is -2.23. The molecule has 1 aromatic heterocycles. The van der Waals surface area contributed by atoms with Crippen molar-refractivity contribution in [1.29, 1.82) is 0 Å². The monoisotopic (exact) mass is 285 g/mol. The molecular formula is C12H19N3O3S. The number of urea groups is 1. The second-order valence-electron chi connectivity index (χ2n) is 5.06. The third-order valence-electron chi connectivity index (χ3n) is 2.83. The van der Waals surface area contributed by atoms with Crippen molar-refractivity contribution in [3.63, 3.8) is 0 Å². The first-order valence-corrected chi connectivity index (χ1v) is 6.73. The fourth-order valence-corrected chi connectivity index (χ4v) is 2.10. The van der Waals surface area contributed by atoms with E-state index >= 15 is 0 Å². The number of nitrogens with one attached hydrogen (secondary N) is 1. The summed E-state index contributed by atoms with van der Waals surface area (Å²) in [6.45, 7) is 5.60. The van der Waals surface area contributed by atoms with Gasteiger partial charge in [-0.15, -0.1) is 11.3 Å². The molecule has 106 valence electrons. The molecule has 0 saturated carbocycles. The normalized spacial score (nSPS) is 11.2. The fourth-order valence-electron chi connectivity index (χ4n) is 1.27. The van der Waals surface area contributed by atoms with E-state index in [0.717, 1.165) is 10.6 Å². The van der Waals surface area contributed by atoms with Crippen LogP contribution < -0.4 is 5.32 Å². The molecule has 0 radical (unpaired) electrons. The second kappa shape index (κ2) is 6.01. The van der Waals surface area contributed by atoms with Crippen LogP contribution in [0.25, 0.3) is 0 Å². The van der Waals surface area contributed by atoms with Crippen molar-refractivity contribution in [2.24, 2.45) is 5.41 Å². The predicted molar refractivity (Wildman–Crippen MR) is 73.1 cm³/mol. The van der Waals surface area contributed by atoms with E-state index in [1.165, 1.54) is 16.2 Å². The van der Waals surface area contributed by atoms with Gasteiger partial charge in [0.2, 0.25) is 0 Å². The number of thiazole rings is 1. The summed E-state index contributed by atoms with van der Waals surface area (Å²) in [7, 11) is 1.67. The smallest absolute Gasteiger partial charge is 0.317 e. The summed E-state index contributed by atoms with van der Waals surface area (Å²) >= 11 is 1.50. The first-order chi connectivity index (χ1) is 8.74. The molecule has 0 fully saturated rings. The summed E-state index contributed by atoms with van der Waals surface area (Å²) in [6, 6.07) is -0.290. The van der Waals surface area contributed by atoms with Gasteiger partial charge in [-0.05, 0) is 20.8 Å². The Kier molecular flexibility index (Phi) is 4.88. The number of aliphatic carboxylic acids is 1. The number of carboxylic acid groups (broad SMARTS) is 1. The van der Waals surface area contributed by atoms with E-state index in [-0.39, 0.29) is 12.6 Å². The summed E-state index contributed by atoms with van der Waals surface area (Å²) in [6.07, 6.45) is 0. The van der Waals surface area contributed by atoms with Gasteiger partial charge in [-0.3, -0.25) is 4.79 Å². The molecule has 0 unspecified atom stereocenters. The predicted octanol–water partition coefficient (Wildman–Crippen LogP) is 1.70. The van der Waals surface area contributed by atoms with Gasteiger partial charge in [-0.25, -0.2) is 9.78 Å². The van der Waals surface area contributed by atoms with Crippen LogP contribution in [0.5, 0.6) is 0 Å². The average Bonchev–Trinajstić information content (AvgIpc) is 2.71. The Labute approximate surface area is 116 Å². The first kappa shape index (κ1) is 15.4. The van der Waals surface area contributed by atoms with Gasteiger partial charge in [-0.1, -0.05) is 0 Å². The number of nitrogens with zero attached hydrogens (tertiary/aromatic N) is 2. The van der Waals surface area contributed by atoms with Crippen molar-refractivity contribution in [3.8, 4) is 0 Å². The quantitative estimate of drug-likeness (QED) is 0.862. The highest BCUT2D eigenvalue weighted by atomic mass is 32.1. The van der Waals surface area contributed by atoms with Crippen LogP contribution in [0, 0.1) is 12.3 Å². The van der Waals surface area contributed by atoms with Gasteiger partial charge >= 0.3 is 12.0 Å². The van der Waals surface area contributed by atoms with E-state index in [2.05, 4.69) is 10.3 Å². The number of aryl methyl sites for hydroxylation is 1. The van der Waals surface area contributed by atoms with Crippen LogP contribution in [-0.4, -0.2) is 40.6 Å². The number of aromatic nitrogens is 1. The van der Waals surface area contributed by atoms with Crippen molar-refractivity contribution in [3.05, 3.63) is 16.1 Å². The van der Waals surface area contributed by atoms with Crippen LogP contribution in [0.4, 0.5) is 4.79 Å². The molecule has 0 spiro atoms. The Hall–Kier alpha value is -1.63. The van der Waals surface area contributed by atoms with E-state index < -0.39 is 11.4 Å². The Balaban J connectivity index is 2.50. The Morgan fingerprint density at radius 3 is 2.63 bits per heavy atom. The highest BCUT2D eigenvalue weighted by molar-refractivity contribution is 7.09. The summed E-state index contributed by atoms with van der Waals surface area (Å²) in [4.78, 5) is 29.4. The highest BCUT2D eigenvalue weighted by Crippen LogP contribution is 2.15. The number of carbonyl (C=O) groups is 2. The topological polar surface area (TPSA) is 82.5 Å². The third kappa shape index (κ3) is 4.20. The van der Waals surface area contributed by atoms with Crippen molar-refractivity contribution in [2.75, 3.05) is 13.6 Å². The van der Waals surface area contributed by atoms with Crippen LogP contribution in [-0.2, 0) is 11.3 Å². The highest BCUT2D eigenvalue weighted by Gasteiger charge is 2.28. The van der Waals surface area contributed by atoms with Crippen LogP contribution in [0.3, 0.4) is 0 Å². The van der Waals surface area contributed by atoms with Gasteiger partial charge in [-0.2, -0.15) is 0 Å². The molecule has 0 aliphatic rings. The molecule has 0 atom stereocenters. The minimum atomic E-state index is -0.975. The van der Waals surface area contributed by atoms with Crippen molar-refractivity contribution < 1.29 is 14.7 Å². The van der Waals surface area contributed by atoms with Gasteiger partial charge in [0.25, 0.3) is 0 Å². The van der Waals surface area contributed by atoms with E-state index in [9.17, 15) is 9.59 Å². The average molecular weight is 285 g/mol. The van der Waals surface area contributed by atoms with Crippen LogP contribution in [0.15, 0.2) is 5.51 Å². The lowest BCUT2D eigenvalue weighted by molar-refractivity contribution is -0.146. The zero-order valence-electron chi connectivity index (χ0n) is 11.6. The summed E-state index contributed by atoms with van der Waals surface area (Å²) in [5.74, 6) is -0.936. The summed E-state index contributed by atoms with van der Waals surface area (Å²) < 4.78 is 0. The molecule has 6 nitrogen and oxygen atoms in total. The molecule has 0 bridgehead atoms. The zero-order chi connectivity index (χ0) is 14.6. The van der Waals surface area contributed by atoms with E-state index in [0.29, 0.717) is 6.54 Å². The number of amides is 2. The van der Waals surface area contributed by atoms with Gasteiger partial charge < -0.3 is 15.3 Å². The lowest BCUT2D eigenvalue weighted by atomic mass is 9.94. The van der Waals surface area contributed by atoms with Crippen molar-refractivity contribution in [1.82, 2.24) is 15.2 Å². The molecule has 1 rings (SSSR count). The number of hydrogen-bond donors (Lipinski definition) is 2. The minimum absolute atomic E-state index is 0.0905. The number of carboxylic acids is 1. The fraction of sp³-hybridized carbons (Fsp3) is 0.583. The van der Waals surface area contributed by atoms with E-state index in [4.69, 9.17) is 5.11 Å². The van der Waals surface area contributed by atoms with Gasteiger partial charge in [0.05, 0.1) is 23.2 Å². The molecule has 0 saturated heterocycles. The van der Waals surface area contributed by atoms with Gasteiger partial charge in [0.1, 0.15) is 0 Å². The Morgan fingerprint density at radius 2 is 2.16 bits per heavy atom. The van der Waals surface area contributed by atoms with Crippen LogP contribution in [0.2, 0.25) is 0 Å². The molecule has 0 aliphatic carbocycles. The Bertz CT molecular complexity index is 471. The molecule has 0 aromatic carbocycles. The van der Waals surface area contributed by atoms with E-state index in [1.807, 2.05) is 6.92 Å². The number of rotatable bonds is 5. The number of hydrogen-bond acceptors (Lipinski definition) is 4. The summed E-state index contributed by atoms with van der Waals surface area (Å²) in [5, 5.41) is 11.6. The summed E-state index contributed by atoms with van der Waals surface area (Å²) in [5.41, 5.74) is 1.68. The van der Waals surface area contributed by atoms with Gasteiger partial charge in [0.15, 0.2) is 0 Å². The van der Waals surface area contributed by atoms with Crippen molar-refractivity contribution >= 4 is 23.3 Å². The molecular weight excluding hydrogens is 266 g/mol. The van der Waals surface area contributed by atoms with E-state index in [1.54, 1.807) is 26.4 Å². The third-order valence-corrected chi connectivity index (χ3v) is 3.75. The SMILES string of the molecule is Cc1ncsc1CN(C)C(=O)NCC(C)(C)C(=O)O. The standard InChI is InChI=1S/C12H19N3O3S/c1-8-9(19-7-14-8)5-15(4)11(18)13-6-12(2,3)10(16)17/h7H,5-6H2,1-4H3,(H,13,18)(H,16,17). The second-order valence-corrected chi connectivity index (χ2v) is 6.00. The minimum Gasteiger partial charge on any atom is -0.481 e. The maximum atomic E-state index is 11.9. The van der Waals surface area contributed by atoms with Crippen LogP contribution in [0.1, 0.15) is 24.4 Å². The molecule has 19 heavy (non-hydrogen) atoms. The zero-order valence-corrected chi connectivity index (χ0v) is 12.4. The molecule has 2 N–H and O–H groups in total. The molecule has 1 aromatic rings. The molecule has 7 heteroatoms. The van der Waals surface area contributed by atoms with Gasteiger partial charge in [0, 0.05) is 18.5 Å².